The molecule has 0 aliphatic carbocycles. The smallest absolute Gasteiger partial charge is 0.322 e. The molecule has 122 valence electrons. The van der Waals surface area contributed by atoms with Gasteiger partial charge in [-0.05, 0) is 24.1 Å². The van der Waals surface area contributed by atoms with E-state index in [2.05, 4.69) is 4.74 Å². The molecule has 0 bridgehead atoms. The van der Waals surface area contributed by atoms with Crippen LogP contribution in [0, 0.1) is 0 Å². The van der Waals surface area contributed by atoms with Gasteiger partial charge in [0.05, 0.1) is 7.11 Å². The van der Waals surface area contributed by atoms with Gasteiger partial charge in [-0.1, -0.05) is 6.07 Å². The van der Waals surface area contributed by atoms with Gasteiger partial charge in [-0.3, -0.25) is 14.4 Å². The molecule has 8 heteroatoms. The molecule has 0 heterocycles. The van der Waals surface area contributed by atoms with Crippen molar-refractivity contribution in [2.75, 3.05) is 7.11 Å². The van der Waals surface area contributed by atoms with E-state index < -0.39 is 23.9 Å². The van der Waals surface area contributed by atoms with Crippen LogP contribution in [0.2, 0.25) is 0 Å². The van der Waals surface area contributed by atoms with Crippen molar-refractivity contribution < 1.29 is 28.6 Å². The molecule has 0 aliphatic rings. The molecule has 0 saturated heterocycles. The number of rotatable bonds is 5. The quantitative estimate of drug-likeness (QED) is 0.633. The summed E-state index contributed by atoms with van der Waals surface area (Å²) in [6.07, 6.45) is 0.196. The van der Waals surface area contributed by atoms with E-state index in [1.54, 1.807) is 6.07 Å². The van der Waals surface area contributed by atoms with Crippen molar-refractivity contribution in [3.63, 3.8) is 0 Å². The minimum absolute atomic E-state index is 0. The Morgan fingerprint density at radius 2 is 1.64 bits per heavy atom. The van der Waals surface area contributed by atoms with E-state index in [-0.39, 0.29) is 30.3 Å². The van der Waals surface area contributed by atoms with Crippen LogP contribution in [0.15, 0.2) is 18.2 Å². The molecule has 1 unspecified atom stereocenters. The van der Waals surface area contributed by atoms with Gasteiger partial charge >= 0.3 is 17.9 Å². The lowest BCUT2D eigenvalue weighted by atomic mass is 10.1. The van der Waals surface area contributed by atoms with Crippen molar-refractivity contribution in [1.82, 2.24) is 0 Å². The summed E-state index contributed by atoms with van der Waals surface area (Å²) in [4.78, 5) is 33.4. The number of halogens is 1. The summed E-state index contributed by atoms with van der Waals surface area (Å²) in [5.74, 6) is -1.44. The monoisotopic (exact) mass is 331 g/mol. The summed E-state index contributed by atoms with van der Waals surface area (Å²) >= 11 is 0. The summed E-state index contributed by atoms with van der Waals surface area (Å²) in [6, 6.07) is 3.75. The second kappa shape index (κ2) is 9.01. The first-order valence-corrected chi connectivity index (χ1v) is 6.16. The summed E-state index contributed by atoms with van der Waals surface area (Å²) < 4.78 is 14.5. The molecule has 0 spiro atoms. The molecular formula is C14H18ClNO6. The van der Waals surface area contributed by atoms with E-state index in [1.165, 1.54) is 33.1 Å². The number of esters is 3. The third-order valence-electron chi connectivity index (χ3n) is 2.48. The highest BCUT2D eigenvalue weighted by Gasteiger charge is 2.17. The van der Waals surface area contributed by atoms with Gasteiger partial charge in [0.15, 0.2) is 11.5 Å². The maximum atomic E-state index is 11.3. The lowest BCUT2D eigenvalue weighted by Crippen LogP contribution is -2.33. The SMILES string of the molecule is COC(=O)C(N)Cc1ccc(OC(C)=O)c(OC(C)=O)c1.Cl. The average molecular weight is 332 g/mol. The van der Waals surface area contributed by atoms with Gasteiger partial charge in [-0.15, -0.1) is 12.4 Å². The third-order valence-corrected chi connectivity index (χ3v) is 2.48. The van der Waals surface area contributed by atoms with Crippen LogP contribution in [0.4, 0.5) is 0 Å². The van der Waals surface area contributed by atoms with E-state index in [9.17, 15) is 14.4 Å². The highest BCUT2D eigenvalue weighted by Crippen LogP contribution is 2.29. The molecule has 22 heavy (non-hydrogen) atoms. The van der Waals surface area contributed by atoms with Crippen LogP contribution < -0.4 is 15.2 Å². The maximum Gasteiger partial charge on any atom is 0.322 e. The predicted octanol–water partition coefficient (Wildman–Crippen LogP) is 1.00. The Kier molecular flexibility index (Phi) is 8.14. The number of carbonyl (C=O) groups is 3. The minimum Gasteiger partial charge on any atom is -0.468 e. The molecule has 0 amide bonds. The zero-order valence-corrected chi connectivity index (χ0v) is 13.3. The molecule has 0 radical (unpaired) electrons. The van der Waals surface area contributed by atoms with Gasteiger partial charge in [0.1, 0.15) is 6.04 Å². The zero-order valence-electron chi connectivity index (χ0n) is 12.5. The first kappa shape index (κ1) is 19.9. The van der Waals surface area contributed by atoms with Gasteiger partial charge in [0.2, 0.25) is 0 Å². The van der Waals surface area contributed by atoms with Gasteiger partial charge in [-0.25, -0.2) is 0 Å². The van der Waals surface area contributed by atoms with Crippen LogP contribution in [0.5, 0.6) is 11.5 Å². The Labute approximate surface area is 134 Å². The van der Waals surface area contributed by atoms with Gasteiger partial charge in [-0.2, -0.15) is 0 Å². The van der Waals surface area contributed by atoms with Crippen LogP contribution in [-0.4, -0.2) is 31.1 Å². The van der Waals surface area contributed by atoms with Crippen LogP contribution >= 0.6 is 12.4 Å². The minimum atomic E-state index is -0.834. The lowest BCUT2D eigenvalue weighted by molar-refractivity contribution is -0.142. The molecule has 1 rings (SSSR count). The molecule has 1 aromatic rings. The number of carbonyl (C=O) groups excluding carboxylic acids is 3. The van der Waals surface area contributed by atoms with E-state index in [1.807, 2.05) is 0 Å². The Bertz CT molecular complexity index is 560. The van der Waals surface area contributed by atoms with Crippen LogP contribution in [-0.2, 0) is 25.5 Å². The lowest BCUT2D eigenvalue weighted by Gasteiger charge is -2.12. The second-order valence-corrected chi connectivity index (χ2v) is 4.30. The number of nitrogens with two attached hydrogens (primary N) is 1. The zero-order chi connectivity index (χ0) is 16.0. The first-order valence-electron chi connectivity index (χ1n) is 6.16. The summed E-state index contributed by atoms with van der Waals surface area (Å²) in [6.45, 7) is 2.46. The van der Waals surface area contributed by atoms with E-state index >= 15 is 0 Å². The second-order valence-electron chi connectivity index (χ2n) is 4.30. The van der Waals surface area contributed by atoms with Crippen molar-refractivity contribution >= 4 is 30.3 Å². The highest BCUT2D eigenvalue weighted by molar-refractivity contribution is 5.85. The molecule has 1 aromatic carbocycles. The molecule has 1 atom stereocenters. The molecular weight excluding hydrogens is 314 g/mol. The van der Waals surface area contributed by atoms with Crippen molar-refractivity contribution in [2.24, 2.45) is 5.73 Å². The number of ether oxygens (including phenoxy) is 3. The first-order chi connectivity index (χ1) is 9.83. The standard InChI is InChI=1S/C14H17NO6.ClH/c1-8(16)20-12-5-4-10(6-11(15)14(18)19-3)7-13(12)21-9(2)17;/h4-5,7,11H,6,15H2,1-3H3;1H. The predicted molar refractivity (Wildman–Crippen MR) is 80.0 cm³/mol. The normalized spacial score (nSPS) is 10.9. The molecule has 0 fully saturated rings. The van der Waals surface area contributed by atoms with Gasteiger partial charge < -0.3 is 19.9 Å². The number of benzene rings is 1. The molecule has 0 aliphatic heterocycles. The Morgan fingerprint density at radius 1 is 1.09 bits per heavy atom. The number of hydrogen-bond donors (Lipinski definition) is 1. The van der Waals surface area contributed by atoms with Crippen LogP contribution in [0.25, 0.3) is 0 Å². The average Bonchev–Trinajstić information content (AvgIpc) is 2.39. The summed E-state index contributed by atoms with van der Waals surface area (Å²) in [5.41, 5.74) is 6.30. The largest absolute Gasteiger partial charge is 0.468 e. The third kappa shape index (κ3) is 6.11. The Balaban J connectivity index is 0.00000441. The fourth-order valence-corrected chi connectivity index (χ4v) is 1.64. The number of methoxy groups -OCH3 is 1. The van der Waals surface area contributed by atoms with Crippen LogP contribution in [0.1, 0.15) is 19.4 Å². The van der Waals surface area contributed by atoms with E-state index in [0.717, 1.165) is 0 Å². The van der Waals surface area contributed by atoms with E-state index in [0.29, 0.717) is 5.56 Å². The fourth-order valence-electron chi connectivity index (χ4n) is 1.64. The van der Waals surface area contributed by atoms with Crippen molar-refractivity contribution in [1.29, 1.82) is 0 Å². The fraction of sp³-hybridized carbons (Fsp3) is 0.357. The van der Waals surface area contributed by atoms with Crippen molar-refractivity contribution in [3.8, 4) is 11.5 Å². The summed E-state index contributed by atoms with van der Waals surface area (Å²) in [7, 11) is 1.25. The van der Waals surface area contributed by atoms with Gasteiger partial charge in [0, 0.05) is 13.8 Å². The molecule has 7 nitrogen and oxygen atoms in total. The summed E-state index contributed by atoms with van der Waals surface area (Å²) in [5, 5.41) is 0. The Hall–Kier alpha value is -2.12. The van der Waals surface area contributed by atoms with E-state index in [4.69, 9.17) is 15.2 Å². The highest BCUT2D eigenvalue weighted by atomic mass is 35.5. The van der Waals surface area contributed by atoms with Crippen LogP contribution in [0.3, 0.4) is 0 Å². The maximum absolute atomic E-state index is 11.3. The number of hydrogen-bond acceptors (Lipinski definition) is 7. The topological polar surface area (TPSA) is 105 Å². The molecule has 2 N–H and O–H groups in total. The van der Waals surface area contributed by atoms with Crippen molar-refractivity contribution in [2.45, 2.75) is 26.3 Å². The van der Waals surface area contributed by atoms with Gasteiger partial charge in [0.25, 0.3) is 0 Å². The Morgan fingerprint density at radius 3 is 2.14 bits per heavy atom. The molecule has 0 saturated carbocycles. The van der Waals surface area contributed by atoms with Crippen molar-refractivity contribution in [3.05, 3.63) is 23.8 Å². The molecule has 0 aromatic heterocycles.